The van der Waals surface area contributed by atoms with Crippen LogP contribution >= 0.6 is 7.92 Å². The quantitative estimate of drug-likeness (QED) is 0.651. The molecule has 0 unspecified atom stereocenters. The van der Waals surface area contributed by atoms with Crippen LogP contribution in [0.2, 0.25) is 0 Å². The van der Waals surface area contributed by atoms with Gasteiger partial charge in [0.25, 0.3) is 0 Å². The topological polar surface area (TPSA) is 34.1 Å². The average Bonchev–Trinajstić information content (AvgIpc) is 2.57. The number of benzene rings is 1. The lowest BCUT2D eigenvalue weighted by Crippen LogP contribution is -2.26. The molecule has 1 aromatic carbocycles. The first-order valence-corrected chi connectivity index (χ1v) is 11.4. The summed E-state index contributed by atoms with van der Waals surface area (Å²) in [5.74, 6) is 0. The molecule has 4 heteroatoms. The summed E-state index contributed by atoms with van der Waals surface area (Å²) in [6, 6.07) is 7.89. The van der Waals surface area contributed by atoms with Crippen molar-refractivity contribution in [1.29, 1.82) is 0 Å². The molecule has 3 rings (SSSR count). The van der Waals surface area contributed by atoms with E-state index in [0.717, 1.165) is 11.3 Å². The van der Waals surface area contributed by atoms with E-state index in [1.165, 1.54) is 69.5 Å². The average molecular weight is 338 g/mol. The summed E-state index contributed by atoms with van der Waals surface area (Å²) < 4.78 is 22.7. The predicted octanol–water partition coefficient (Wildman–Crippen LogP) is 4.43. The minimum atomic E-state index is -2.46. The fourth-order valence-corrected chi connectivity index (χ4v) is 8.59. The van der Waals surface area contributed by atoms with E-state index in [2.05, 4.69) is 6.07 Å². The Morgan fingerprint density at radius 3 is 1.86 bits per heavy atom. The van der Waals surface area contributed by atoms with Crippen LogP contribution in [0.5, 0.6) is 0 Å². The maximum absolute atomic E-state index is 11.4. The van der Waals surface area contributed by atoms with Crippen LogP contribution in [0.4, 0.5) is 0 Å². The van der Waals surface area contributed by atoms with Gasteiger partial charge in [-0.3, -0.25) is 0 Å². The van der Waals surface area contributed by atoms with Crippen LogP contribution in [-0.4, -0.2) is 19.7 Å². The van der Waals surface area contributed by atoms with Crippen molar-refractivity contribution in [2.24, 2.45) is 0 Å². The van der Waals surface area contributed by atoms with Crippen LogP contribution in [0.15, 0.2) is 29.2 Å². The van der Waals surface area contributed by atoms with Crippen molar-refractivity contribution in [3.8, 4) is 0 Å². The molecule has 0 radical (unpaired) electrons. The summed E-state index contributed by atoms with van der Waals surface area (Å²) >= 11 is 0. The number of hydrogen-bond donors (Lipinski definition) is 1. The molecular formula is C18H27O2PS. The van der Waals surface area contributed by atoms with Crippen molar-refractivity contribution < 1.29 is 8.42 Å². The highest BCUT2D eigenvalue weighted by atomic mass is 32.2. The van der Waals surface area contributed by atoms with Gasteiger partial charge in [0.05, 0.1) is 4.90 Å². The van der Waals surface area contributed by atoms with Gasteiger partial charge >= 0.3 is 0 Å². The van der Waals surface area contributed by atoms with Gasteiger partial charge in [0.1, 0.15) is 0 Å². The van der Waals surface area contributed by atoms with Crippen LogP contribution in [-0.2, 0) is 10.7 Å². The second-order valence-electron chi connectivity index (χ2n) is 6.77. The third-order valence-corrected chi connectivity index (χ3v) is 9.46. The SMILES string of the molecule is O=[SH](=O)c1cccc(P(C2CCCCC2)C2CCCCC2)c1. The Bertz CT molecular complexity index is 532. The molecule has 0 spiro atoms. The molecule has 122 valence electrons. The molecule has 0 N–H and O–H groups in total. The van der Waals surface area contributed by atoms with Gasteiger partial charge < -0.3 is 0 Å². The lowest BCUT2D eigenvalue weighted by atomic mass is 9.99. The number of hydrogen-bond acceptors (Lipinski definition) is 2. The lowest BCUT2D eigenvalue weighted by molar-refractivity contribution is 0.487. The summed E-state index contributed by atoms with van der Waals surface area (Å²) in [6.45, 7) is 0. The second-order valence-corrected chi connectivity index (χ2v) is 10.6. The van der Waals surface area contributed by atoms with Gasteiger partial charge in [-0.25, -0.2) is 8.42 Å². The van der Waals surface area contributed by atoms with Crippen LogP contribution in [0.3, 0.4) is 0 Å². The van der Waals surface area contributed by atoms with Crippen LogP contribution in [0, 0.1) is 0 Å². The van der Waals surface area contributed by atoms with Crippen molar-refractivity contribution >= 4 is 23.9 Å². The molecule has 0 saturated heterocycles. The van der Waals surface area contributed by atoms with Gasteiger partial charge in [-0.1, -0.05) is 58.6 Å². The van der Waals surface area contributed by atoms with E-state index in [1.807, 2.05) is 12.1 Å². The zero-order valence-electron chi connectivity index (χ0n) is 13.2. The molecule has 0 aromatic heterocycles. The Balaban J connectivity index is 1.90. The highest BCUT2D eigenvalue weighted by Gasteiger charge is 2.32. The molecule has 22 heavy (non-hydrogen) atoms. The minimum Gasteiger partial charge on any atom is -0.227 e. The number of rotatable bonds is 4. The summed E-state index contributed by atoms with van der Waals surface area (Å²) in [7, 11) is -2.66. The maximum atomic E-state index is 11.4. The van der Waals surface area contributed by atoms with Gasteiger partial charge in [-0.05, 0) is 54.4 Å². The van der Waals surface area contributed by atoms with Crippen LogP contribution in [0.25, 0.3) is 0 Å². The van der Waals surface area contributed by atoms with E-state index in [4.69, 9.17) is 0 Å². The summed E-state index contributed by atoms with van der Waals surface area (Å²) in [5, 5.41) is 1.35. The molecule has 0 amide bonds. The first-order chi connectivity index (χ1) is 10.8. The van der Waals surface area contributed by atoms with Crippen molar-refractivity contribution in [3.05, 3.63) is 24.3 Å². The Labute approximate surface area is 137 Å². The fraction of sp³-hybridized carbons (Fsp3) is 0.667. The summed E-state index contributed by atoms with van der Waals surface area (Å²) in [4.78, 5) is 0.506. The van der Waals surface area contributed by atoms with Crippen molar-refractivity contribution in [2.45, 2.75) is 80.4 Å². The van der Waals surface area contributed by atoms with Gasteiger partial charge in [-0.2, -0.15) is 0 Å². The Morgan fingerprint density at radius 1 is 0.818 bits per heavy atom. The van der Waals surface area contributed by atoms with Crippen LogP contribution < -0.4 is 5.30 Å². The molecule has 0 heterocycles. The van der Waals surface area contributed by atoms with E-state index in [-0.39, 0.29) is 7.92 Å². The molecule has 0 aliphatic heterocycles. The third kappa shape index (κ3) is 3.92. The van der Waals surface area contributed by atoms with Crippen molar-refractivity contribution in [3.63, 3.8) is 0 Å². The van der Waals surface area contributed by atoms with E-state index >= 15 is 0 Å². The first-order valence-electron chi connectivity index (χ1n) is 8.78. The molecular weight excluding hydrogens is 311 g/mol. The van der Waals surface area contributed by atoms with Crippen molar-refractivity contribution in [1.82, 2.24) is 0 Å². The van der Waals surface area contributed by atoms with Crippen LogP contribution in [0.1, 0.15) is 64.2 Å². The van der Waals surface area contributed by atoms with Gasteiger partial charge in [0, 0.05) is 0 Å². The molecule has 2 nitrogen and oxygen atoms in total. The zero-order chi connectivity index (χ0) is 15.4. The first kappa shape index (κ1) is 16.5. The Hall–Kier alpha value is -0.400. The van der Waals surface area contributed by atoms with E-state index in [0.29, 0.717) is 4.90 Å². The predicted molar refractivity (Wildman–Crippen MR) is 95.3 cm³/mol. The smallest absolute Gasteiger partial charge is 0.168 e. The fourth-order valence-electron chi connectivity index (χ4n) is 4.21. The van der Waals surface area contributed by atoms with Gasteiger partial charge in [0.2, 0.25) is 0 Å². The van der Waals surface area contributed by atoms with Gasteiger partial charge in [-0.15, -0.1) is 0 Å². The van der Waals surface area contributed by atoms with E-state index in [9.17, 15) is 8.42 Å². The minimum absolute atomic E-state index is 0.200. The lowest BCUT2D eigenvalue weighted by Gasteiger charge is -2.38. The monoisotopic (exact) mass is 338 g/mol. The summed E-state index contributed by atoms with van der Waals surface area (Å²) in [6.07, 6.45) is 13.7. The highest BCUT2D eigenvalue weighted by Crippen LogP contribution is 2.54. The molecule has 0 bridgehead atoms. The molecule has 1 aromatic rings. The van der Waals surface area contributed by atoms with Crippen molar-refractivity contribution in [2.75, 3.05) is 0 Å². The molecule has 2 aliphatic carbocycles. The normalized spacial score (nSPS) is 21.5. The Kier molecular flexibility index (Phi) is 5.93. The zero-order valence-corrected chi connectivity index (χ0v) is 15.0. The van der Waals surface area contributed by atoms with E-state index < -0.39 is 10.7 Å². The molecule has 2 aliphatic rings. The number of thiol groups is 1. The summed E-state index contributed by atoms with van der Waals surface area (Å²) in [5.41, 5.74) is 1.65. The van der Waals surface area contributed by atoms with E-state index in [1.54, 1.807) is 6.07 Å². The largest absolute Gasteiger partial charge is 0.227 e. The highest BCUT2D eigenvalue weighted by molar-refractivity contribution is 7.72. The molecule has 0 atom stereocenters. The van der Waals surface area contributed by atoms with Gasteiger partial charge in [0.15, 0.2) is 10.7 Å². The third-order valence-electron chi connectivity index (χ3n) is 5.27. The molecule has 2 fully saturated rings. The Morgan fingerprint density at radius 2 is 1.36 bits per heavy atom. The molecule has 2 saturated carbocycles. The maximum Gasteiger partial charge on any atom is 0.168 e. The second kappa shape index (κ2) is 7.93. The standard InChI is InChI=1S/C18H27O2PS/c19-22(20)18-13-7-12-17(14-18)21(15-8-3-1-4-9-15)16-10-5-2-6-11-16/h7,12-16,22H,1-6,8-11H2.